The number of aromatic nitrogens is 1. The van der Waals surface area contributed by atoms with Crippen molar-refractivity contribution in [3.05, 3.63) is 41.8 Å². The zero-order valence-electron chi connectivity index (χ0n) is 11.2. The Bertz CT molecular complexity index is 494. The molecule has 0 radical (unpaired) electrons. The van der Waals surface area contributed by atoms with E-state index in [9.17, 15) is 0 Å². The maximum atomic E-state index is 5.53. The standard InChI is InChI=1S/C14H18N2O3/c1-15-9-12-10-18-14(16-12)19-13-5-3-11(4-6-13)7-8-17-2/h3-6,10,15H,7-9H2,1-2H3. The van der Waals surface area contributed by atoms with Crippen molar-refractivity contribution in [2.45, 2.75) is 13.0 Å². The first kappa shape index (κ1) is 13.6. The van der Waals surface area contributed by atoms with E-state index in [1.54, 1.807) is 13.4 Å². The van der Waals surface area contributed by atoms with Gasteiger partial charge in [0.25, 0.3) is 0 Å². The summed E-state index contributed by atoms with van der Waals surface area (Å²) in [5, 5.41) is 3.00. The minimum atomic E-state index is 0.259. The highest BCUT2D eigenvalue weighted by molar-refractivity contribution is 5.29. The monoisotopic (exact) mass is 262 g/mol. The second-order valence-electron chi connectivity index (χ2n) is 4.12. The predicted molar refractivity (Wildman–Crippen MR) is 71.4 cm³/mol. The van der Waals surface area contributed by atoms with Gasteiger partial charge in [-0.3, -0.25) is 0 Å². The van der Waals surface area contributed by atoms with E-state index in [1.165, 1.54) is 5.56 Å². The molecule has 5 nitrogen and oxygen atoms in total. The molecule has 0 aliphatic heterocycles. The second kappa shape index (κ2) is 6.92. The van der Waals surface area contributed by atoms with Gasteiger partial charge < -0.3 is 19.2 Å². The average molecular weight is 262 g/mol. The van der Waals surface area contributed by atoms with Crippen molar-refractivity contribution < 1.29 is 13.9 Å². The number of nitrogens with zero attached hydrogens (tertiary/aromatic N) is 1. The molecule has 0 bridgehead atoms. The van der Waals surface area contributed by atoms with E-state index in [1.807, 2.05) is 31.3 Å². The van der Waals surface area contributed by atoms with Gasteiger partial charge in [-0.05, 0) is 31.2 Å². The molecule has 0 saturated heterocycles. The molecule has 0 atom stereocenters. The molecule has 19 heavy (non-hydrogen) atoms. The van der Waals surface area contributed by atoms with Crippen molar-refractivity contribution in [3.63, 3.8) is 0 Å². The summed E-state index contributed by atoms with van der Waals surface area (Å²) in [6, 6.07) is 7.80. The Kier molecular flexibility index (Phi) is 4.94. The molecular weight excluding hydrogens is 244 g/mol. The van der Waals surface area contributed by atoms with Crippen LogP contribution in [-0.4, -0.2) is 25.7 Å². The highest BCUT2D eigenvalue weighted by Gasteiger charge is 2.05. The zero-order chi connectivity index (χ0) is 13.5. The van der Waals surface area contributed by atoms with Crippen LogP contribution in [0.4, 0.5) is 0 Å². The Hall–Kier alpha value is -1.85. The molecule has 1 N–H and O–H groups in total. The average Bonchev–Trinajstić information content (AvgIpc) is 2.86. The Labute approximate surface area is 112 Å². The van der Waals surface area contributed by atoms with Crippen LogP contribution in [-0.2, 0) is 17.7 Å². The fraction of sp³-hybridized carbons (Fsp3) is 0.357. The number of benzene rings is 1. The molecule has 0 aliphatic rings. The molecule has 0 aliphatic carbocycles. The molecule has 1 heterocycles. The summed E-state index contributed by atoms with van der Waals surface area (Å²) in [7, 11) is 3.55. The number of ether oxygens (including phenoxy) is 2. The lowest BCUT2D eigenvalue weighted by atomic mass is 10.1. The number of rotatable bonds is 7. The summed E-state index contributed by atoms with van der Waals surface area (Å²) < 4.78 is 15.8. The topological polar surface area (TPSA) is 56.5 Å². The molecule has 0 unspecified atom stereocenters. The Morgan fingerprint density at radius 3 is 2.74 bits per heavy atom. The van der Waals surface area contributed by atoms with Crippen LogP contribution >= 0.6 is 0 Å². The smallest absolute Gasteiger partial charge is 0.399 e. The van der Waals surface area contributed by atoms with Crippen molar-refractivity contribution in [3.8, 4) is 11.8 Å². The maximum absolute atomic E-state index is 5.53. The summed E-state index contributed by atoms with van der Waals surface area (Å²) in [6.07, 6.45) is 2.73. The van der Waals surface area contributed by atoms with Crippen molar-refractivity contribution in [1.82, 2.24) is 10.3 Å². The van der Waals surface area contributed by atoms with Gasteiger partial charge in [0, 0.05) is 13.7 Å². The van der Waals surface area contributed by atoms with E-state index in [0.29, 0.717) is 18.9 Å². The third-order valence-electron chi connectivity index (χ3n) is 2.61. The molecule has 102 valence electrons. The van der Waals surface area contributed by atoms with Crippen LogP contribution < -0.4 is 10.1 Å². The first-order valence-electron chi connectivity index (χ1n) is 6.16. The van der Waals surface area contributed by atoms with Crippen LogP contribution in [0.5, 0.6) is 11.8 Å². The minimum Gasteiger partial charge on any atom is -0.417 e. The normalized spacial score (nSPS) is 10.6. The van der Waals surface area contributed by atoms with E-state index < -0.39 is 0 Å². The predicted octanol–water partition coefficient (Wildman–Crippen LogP) is 2.38. The molecule has 2 rings (SSSR count). The molecule has 2 aromatic rings. The Balaban J connectivity index is 1.94. The van der Waals surface area contributed by atoms with Gasteiger partial charge in [-0.1, -0.05) is 12.1 Å². The lowest BCUT2D eigenvalue weighted by molar-refractivity contribution is 0.202. The molecule has 5 heteroatoms. The Morgan fingerprint density at radius 2 is 2.05 bits per heavy atom. The third kappa shape index (κ3) is 4.08. The van der Waals surface area contributed by atoms with E-state index in [4.69, 9.17) is 13.9 Å². The molecule has 1 aromatic carbocycles. The van der Waals surface area contributed by atoms with Crippen molar-refractivity contribution in [2.75, 3.05) is 20.8 Å². The van der Waals surface area contributed by atoms with Gasteiger partial charge in [0.15, 0.2) is 0 Å². The zero-order valence-corrected chi connectivity index (χ0v) is 11.2. The van der Waals surface area contributed by atoms with Crippen molar-refractivity contribution in [2.24, 2.45) is 0 Å². The molecule has 0 saturated carbocycles. The first-order chi connectivity index (χ1) is 9.31. The first-order valence-corrected chi connectivity index (χ1v) is 6.16. The molecule has 1 aromatic heterocycles. The van der Waals surface area contributed by atoms with Gasteiger partial charge in [-0.2, -0.15) is 4.98 Å². The van der Waals surface area contributed by atoms with Gasteiger partial charge in [0.2, 0.25) is 0 Å². The molecule has 0 spiro atoms. The number of nitrogens with one attached hydrogen (secondary N) is 1. The maximum Gasteiger partial charge on any atom is 0.399 e. The van der Waals surface area contributed by atoms with Gasteiger partial charge in [0.05, 0.1) is 12.3 Å². The van der Waals surface area contributed by atoms with Gasteiger partial charge in [-0.15, -0.1) is 0 Å². The second-order valence-corrected chi connectivity index (χ2v) is 4.12. The largest absolute Gasteiger partial charge is 0.417 e. The van der Waals surface area contributed by atoms with E-state index in [0.717, 1.165) is 12.1 Å². The number of hydrogen-bond donors (Lipinski definition) is 1. The molecule has 0 fully saturated rings. The van der Waals surface area contributed by atoms with Gasteiger partial charge >= 0.3 is 6.08 Å². The molecule has 0 amide bonds. The van der Waals surface area contributed by atoms with Crippen LogP contribution in [0.3, 0.4) is 0 Å². The fourth-order valence-electron chi connectivity index (χ4n) is 1.64. The minimum absolute atomic E-state index is 0.259. The summed E-state index contributed by atoms with van der Waals surface area (Å²) in [4.78, 5) is 4.20. The lowest BCUT2D eigenvalue weighted by Gasteiger charge is -2.03. The van der Waals surface area contributed by atoms with Crippen LogP contribution in [0.2, 0.25) is 0 Å². The lowest BCUT2D eigenvalue weighted by Crippen LogP contribution is -2.04. The summed E-state index contributed by atoms with van der Waals surface area (Å²) >= 11 is 0. The Morgan fingerprint density at radius 1 is 1.26 bits per heavy atom. The van der Waals surface area contributed by atoms with E-state index in [2.05, 4.69) is 10.3 Å². The van der Waals surface area contributed by atoms with Crippen LogP contribution in [0, 0.1) is 0 Å². The van der Waals surface area contributed by atoms with Crippen LogP contribution in [0.1, 0.15) is 11.3 Å². The van der Waals surface area contributed by atoms with Crippen molar-refractivity contribution >= 4 is 0 Å². The van der Waals surface area contributed by atoms with Gasteiger partial charge in [-0.25, -0.2) is 0 Å². The number of methoxy groups -OCH3 is 1. The molecular formula is C14H18N2O3. The summed E-state index contributed by atoms with van der Waals surface area (Å²) in [5.74, 6) is 0.707. The summed E-state index contributed by atoms with van der Waals surface area (Å²) in [6.45, 7) is 1.37. The van der Waals surface area contributed by atoms with Crippen LogP contribution in [0.25, 0.3) is 0 Å². The van der Waals surface area contributed by atoms with E-state index in [-0.39, 0.29) is 6.08 Å². The third-order valence-corrected chi connectivity index (χ3v) is 2.61. The SMILES string of the molecule is CNCc1coc(Oc2ccc(CCOC)cc2)n1. The highest BCUT2D eigenvalue weighted by atomic mass is 16.6. The quantitative estimate of drug-likeness (QED) is 0.830. The summed E-state index contributed by atoms with van der Waals surface area (Å²) in [5.41, 5.74) is 2.02. The van der Waals surface area contributed by atoms with Gasteiger partial charge in [0.1, 0.15) is 12.0 Å². The highest BCUT2D eigenvalue weighted by Crippen LogP contribution is 2.21. The van der Waals surface area contributed by atoms with E-state index >= 15 is 0 Å². The number of hydrogen-bond acceptors (Lipinski definition) is 5. The van der Waals surface area contributed by atoms with Crippen LogP contribution in [0.15, 0.2) is 34.9 Å². The fourth-order valence-corrected chi connectivity index (χ4v) is 1.64. The number of oxazole rings is 1. The van der Waals surface area contributed by atoms with Crippen molar-refractivity contribution in [1.29, 1.82) is 0 Å².